The predicted molar refractivity (Wildman–Crippen MR) is 87.1 cm³/mol. The Morgan fingerprint density at radius 3 is 2.96 bits per heavy atom. The number of carbonyl (C=O) groups is 1. The maximum Gasteiger partial charge on any atom is 0.269 e. The molecule has 0 aromatic carbocycles. The average Bonchev–Trinajstić information content (AvgIpc) is 3.13. The van der Waals surface area contributed by atoms with E-state index in [1.54, 1.807) is 18.5 Å². The third-order valence-corrected chi connectivity index (χ3v) is 3.73. The molecule has 3 rings (SSSR count). The van der Waals surface area contributed by atoms with Crippen molar-refractivity contribution in [2.24, 2.45) is 0 Å². The Morgan fingerprint density at radius 2 is 2.26 bits per heavy atom. The Bertz CT molecular complexity index is 625. The van der Waals surface area contributed by atoms with Crippen molar-refractivity contribution in [3.8, 4) is 0 Å². The lowest BCUT2D eigenvalue weighted by molar-refractivity contribution is 0.0854. The van der Waals surface area contributed by atoms with Crippen LogP contribution in [0, 0.1) is 0 Å². The summed E-state index contributed by atoms with van der Waals surface area (Å²) in [5.74, 6) is -0.167. The zero-order valence-electron chi connectivity index (χ0n) is 12.9. The van der Waals surface area contributed by atoms with E-state index in [9.17, 15) is 4.79 Å². The monoisotopic (exact) mass is 312 g/mol. The molecule has 3 heterocycles. The highest BCUT2D eigenvalue weighted by atomic mass is 16.5. The summed E-state index contributed by atoms with van der Waals surface area (Å²) in [7, 11) is 0. The van der Waals surface area contributed by atoms with Crippen LogP contribution >= 0.6 is 0 Å². The fourth-order valence-corrected chi connectivity index (χ4v) is 2.44. The number of nitrogens with one attached hydrogen (secondary N) is 2. The minimum Gasteiger partial charge on any atom is -0.380 e. The van der Waals surface area contributed by atoms with E-state index in [0.717, 1.165) is 30.7 Å². The van der Waals surface area contributed by atoms with Crippen LogP contribution in [0.1, 0.15) is 28.9 Å². The van der Waals surface area contributed by atoms with Crippen molar-refractivity contribution in [3.05, 3.63) is 54.1 Å². The highest BCUT2D eigenvalue weighted by molar-refractivity contribution is 5.92. The van der Waals surface area contributed by atoms with Gasteiger partial charge in [-0.15, -0.1) is 0 Å². The quantitative estimate of drug-likeness (QED) is 0.853. The van der Waals surface area contributed by atoms with E-state index in [2.05, 4.69) is 20.6 Å². The fraction of sp³-hybridized carbons (Fsp3) is 0.353. The molecule has 23 heavy (non-hydrogen) atoms. The van der Waals surface area contributed by atoms with Gasteiger partial charge in [-0.05, 0) is 36.6 Å². The summed E-state index contributed by atoms with van der Waals surface area (Å²) in [6, 6.07) is 7.47. The number of anilines is 1. The molecule has 0 aliphatic carbocycles. The van der Waals surface area contributed by atoms with Gasteiger partial charge in [0, 0.05) is 32.1 Å². The molecule has 6 nitrogen and oxygen atoms in total. The van der Waals surface area contributed by atoms with Crippen LogP contribution in [-0.4, -0.2) is 35.1 Å². The summed E-state index contributed by atoms with van der Waals surface area (Å²) < 4.78 is 5.48. The average molecular weight is 312 g/mol. The van der Waals surface area contributed by atoms with Crippen molar-refractivity contribution in [2.45, 2.75) is 25.5 Å². The first-order valence-electron chi connectivity index (χ1n) is 7.80. The molecule has 1 aliphatic heterocycles. The van der Waals surface area contributed by atoms with Gasteiger partial charge >= 0.3 is 0 Å². The molecule has 6 heteroatoms. The Hall–Kier alpha value is -2.47. The number of aromatic nitrogens is 2. The Kier molecular flexibility index (Phi) is 5.16. The lowest BCUT2D eigenvalue weighted by Gasteiger charge is -2.11. The SMILES string of the molecule is O=C(NCC1CCCO1)c1ccc(NCc2cccnc2)cn1. The van der Waals surface area contributed by atoms with Crippen LogP contribution in [0.25, 0.3) is 0 Å². The number of carbonyl (C=O) groups excluding carboxylic acids is 1. The van der Waals surface area contributed by atoms with E-state index < -0.39 is 0 Å². The number of amides is 1. The molecule has 0 saturated carbocycles. The normalized spacial score (nSPS) is 17.0. The molecule has 1 unspecified atom stereocenters. The molecular weight excluding hydrogens is 292 g/mol. The zero-order chi connectivity index (χ0) is 15.9. The largest absolute Gasteiger partial charge is 0.380 e. The summed E-state index contributed by atoms with van der Waals surface area (Å²) >= 11 is 0. The minimum absolute atomic E-state index is 0.138. The maximum absolute atomic E-state index is 12.0. The Morgan fingerprint density at radius 1 is 1.30 bits per heavy atom. The van der Waals surface area contributed by atoms with Crippen LogP contribution < -0.4 is 10.6 Å². The van der Waals surface area contributed by atoms with Crippen LogP contribution in [0.2, 0.25) is 0 Å². The van der Waals surface area contributed by atoms with E-state index in [1.165, 1.54) is 0 Å². The first-order chi connectivity index (χ1) is 11.3. The Labute approximate surface area is 135 Å². The highest BCUT2D eigenvalue weighted by Crippen LogP contribution is 2.11. The van der Waals surface area contributed by atoms with Gasteiger partial charge in [0.15, 0.2) is 0 Å². The first-order valence-corrected chi connectivity index (χ1v) is 7.80. The van der Waals surface area contributed by atoms with E-state index >= 15 is 0 Å². The molecular formula is C17H20N4O2. The molecule has 0 bridgehead atoms. The third-order valence-electron chi connectivity index (χ3n) is 3.73. The molecule has 120 valence electrons. The van der Waals surface area contributed by atoms with Gasteiger partial charge in [0.05, 0.1) is 18.0 Å². The van der Waals surface area contributed by atoms with Gasteiger partial charge in [0.25, 0.3) is 5.91 Å². The van der Waals surface area contributed by atoms with E-state index in [1.807, 2.05) is 24.4 Å². The van der Waals surface area contributed by atoms with Crippen LogP contribution in [0.4, 0.5) is 5.69 Å². The summed E-state index contributed by atoms with van der Waals surface area (Å²) in [5.41, 5.74) is 2.37. The van der Waals surface area contributed by atoms with Gasteiger partial charge in [-0.2, -0.15) is 0 Å². The Balaban J connectivity index is 1.49. The summed E-state index contributed by atoms with van der Waals surface area (Å²) in [6.07, 6.45) is 7.43. The highest BCUT2D eigenvalue weighted by Gasteiger charge is 2.16. The van der Waals surface area contributed by atoms with Crippen LogP contribution in [-0.2, 0) is 11.3 Å². The molecule has 1 amide bonds. The van der Waals surface area contributed by atoms with Gasteiger partial charge in [0.1, 0.15) is 5.69 Å². The van der Waals surface area contributed by atoms with Crippen molar-refractivity contribution in [1.29, 1.82) is 0 Å². The molecule has 1 saturated heterocycles. The maximum atomic E-state index is 12.0. The lowest BCUT2D eigenvalue weighted by Crippen LogP contribution is -2.32. The third kappa shape index (κ3) is 4.50. The van der Waals surface area contributed by atoms with Crippen LogP contribution in [0.15, 0.2) is 42.9 Å². The van der Waals surface area contributed by atoms with Gasteiger partial charge in [-0.1, -0.05) is 6.07 Å². The minimum atomic E-state index is -0.167. The molecule has 1 atom stereocenters. The molecule has 1 fully saturated rings. The van der Waals surface area contributed by atoms with Gasteiger partial charge in [-0.3, -0.25) is 9.78 Å². The van der Waals surface area contributed by atoms with E-state index in [4.69, 9.17) is 4.74 Å². The van der Waals surface area contributed by atoms with Crippen LogP contribution in [0.3, 0.4) is 0 Å². The van der Waals surface area contributed by atoms with Crippen molar-refractivity contribution < 1.29 is 9.53 Å². The molecule has 2 N–H and O–H groups in total. The lowest BCUT2D eigenvalue weighted by atomic mass is 10.2. The summed E-state index contributed by atoms with van der Waals surface area (Å²) in [6.45, 7) is 2.00. The summed E-state index contributed by atoms with van der Waals surface area (Å²) in [4.78, 5) is 20.3. The number of rotatable bonds is 6. The molecule has 2 aromatic heterocycles. The van der Waals surface area contributed by atoms with Crippen molar-refractivity contribution >= 4 is 11.6 Å². The fourth-order valence-electron chi connectivity index (χ4n) is 2.44. The zero-order valence-corrected chi connectivity index (χ0v) is 12.9. The topological polar surface area (TPSA) is 76.1 Å². The smallest absolute Gasteiger partial charge is 0.269 e. The van der Waals surface area contributed by atoms with E-state index in [0.29, 0.717) is 18.8 Å². The molecule has 2 aromatic rings. The molecule has 0 radical (unpaired) electrons. The standard InChI is InChI=1S/C17H20N4O2/c22-17(21-12-15-4-2-8-23-15)16-6-5-14(11-20-16)19-10-13-3-1-7-18-9-13/h1,3,5-7,9,11,15,19H,2,4,8,10,12H2,(H,21,22). The number of ether oxygens (including phenoxy) is 1. The first kappa shape index (κ1) is 15.4. The second-order valence-electron chi connectivity index (χ2n) is 5.49. The van der Waals surface area contributed by atoms with Gasteiger partial charge in [0.2, 0.25) is 0 Å². The summed E-state index contributed by atoms with van der Waals surface area (Å²) in [5, 5.41) is 6.11. The second-order valence-corrected chi connectivity index (χ2v) is 5.49. The van der Waals surface area contributed by atoms with Crippen molar-refractivity contribution in [1.82, 2.24) is 15.3 Å². The molecule has 0 spiro atoms. The number of hydrogen-bond acceptors (Lipinski definition) is 5. The second kappa shape index (κ2) is 7.69. The van der Waals surface area contributed by atoms with Gasteiger partial charge < -0.3 is 15.4 Å². The molecule has 1 aliphatic rings. The number of nitrogens with zero attached hydrogens (tertiary/aromatic N) is 2. The number of hydrogen-bond donors (Lipinski definition) is 2. The van der Waals surface area contributed by atoms with Crippen molar-refractivity contribution in [2.75, 3.05) is 18.5 Å². The van der Waals surface area contributed by atoms with Crippen LogP contribution in [0.5, 0.6) is 0 Å². The number of pyridine rings is 2. The van der Waals surface area contributed by atoms with E-state index in [-0.39, 0.29) is 12.0 Å². The van der Waals surface area contributed by atoms with Crippen molar-refractivity contribution in [3.63, 3.8) is 0 Å². The predicted octanol–water partition coefficient (Wildman–Crippen LogP) is 2.00. The van der Waals surface area contributed by atoms with Gasteiger partial charge in [-0.25, -0.2) is 4.98 Å².